The van der Waals surface area contributed by atoms with Gasteiger partial charge in [0.1, 0.15) is 0 Å². The van der Waals surface area contributed by atoms with Crippen molar-refractivity contribution in [1.29, 1.82) is 0 Å². The Morgan fingerprint density at radius 1 is 1.44 bits per heavy atom. The lowest BCUT2D eigenvalue weighted by molar-refractivity contribution is 0.164. The summed E-state index contributed by atoms with van der Waals surface area (Å²) in [6, 6.07) is 2.79. The molecule has 5 heteroatoms. The van der Waals surface area contributed by atoms with Crippen molar-refractivity contribution in [3.63, 3.8) is 0 Å². The Morgan fingerprint density at radius 2 is 2.17 bits per heavy atom. The smallest absolute Gasteiger partial charge is 0.167 e. The van der Waals surface area contributed by atoms with E-state index < -0.39 is 5.82 Å². The average molecular weight is 256 g/mol. The van der Waals surface area contributed by atoms with Crippen LogP contribution >= 0.6 is 0 Å². The number of nitrogens with two attached hydrogens (primary N) is 1. The van der Waals surface area contributed by atoms with Crippen molar-refractivity contribution in [1.82, 2.24) is 0 Å². The molecule has 0 saturated heterocycles. The fourth-order valence-corrected chi connectivity index (χ4v) is 1.57. The number of aliphatic hydroxyl groups excluding tert-OH is 1. The van der Waals surface area contributed by atoms with E-state index in [0.717, 1.165) is 0 Å². The summed E-state index contributed by atoms with van der Waals surface area (Å²) in [5.74, 6) is -0.279. The molecule has 1 aromatic carbocycles. The summed E-state index contributed by atoms with van der Waals surface area (Å²) in [4.78, 5) is 0. The molecule has 0 heterocycles. The number of hydrogen-bond acceptors (Lipinski definition) is 4. The van der Waals surface area contributed by atoms with Crippen molar-refractivity contribution < 1.29 is 14.2 Å². The van der Waals surface area contributed by atoms with Gasteiger partial charge in [-0.05, 0) is 19.8 Å². The van der Waals surface area contributed by atoms with Crippen LogP contribution in [-0.4, -0.2) is 24.4 Å². The van der Waals surface area contributed by atoms with E-state index in [4.69, 9.17) is 10.5 Å². The van der Waals surface area contributed by atoms with Crippen LogP contribution in [0.5, 0.6) is 5.75 Å². The first-order chi connectivity index (χ1) is 8.58. The maximum atomic E-state index is 13.4. The fraction of sp³-hybridized carbons (Fsp3) is 0.538. The van der Waals surface area contributed by atoms with Crippen LogP contribution in [0.15, 0.2) is 12.1 Å². The van der Waals surface area contributed by atoms with E-state index in [9.17, 15) is 9.50 Å². The van der Waals surface area contributed by atoms with Crippen molar-refractivity contribution in [3.05, 3.63) is 17.9 Å². The molecule has 0 aliphatic heterocycles. The van der Waals surface area contributed by atoms with Crippen molar-refractivity contribution in [3.8, 4) is 5.75 Å². The molecule has 0 radical (unpaired) electrons. The number of benzene rings is 1. The minimum atomic E-state index is -0.464. The minimum absolute atomic E-state index is 0.185. The van der Waals surface area contributed by atoms with Crippen LogP contribution < -0.4 is 15.8 Å². The van der Waals surface area contributed by atoms with Gasteiger partial charge >= 0.3 is 0 Å². The van der Waals surface area contributed by atoms with Crippen molar-refractivity contribution >= 4 is 11.4 Å². The molecule has 0 fully saturated rings. The van der Waals surface area contributed by atoms with Gasteiger partial charge in [-0.1, -0.05) is 6.92 Å². The monoisotopic (exact) mass is 256 g/mol. The maximum absolute atomic E-state index is 13.4. The van der Waals surface area contributed by atoms with Crippen molar-refractivity contribution in [2.75, 3.05) is 24.2 Å². The molecule has 0 aromatic heterocycles. The molecule has 1 aromatic rings. The van der Waals surface area contributed by atoms with Gasteiger partial charge in [0, 0.05) is 18.7 Å². The highest BCUT2D eigenvalue weighted by molar-refractivity contribution is 5.68. The second kappa shape index (κ2) is 7.06. The largest absolute Gasteiger partial charge is 0.491 e. The van der Waals surface area contributed by atoms with E-state index in [0.29, 0.717) is 37.4 Å². The van der Waals surface area contributed by atoms with Crippen LogP contribution in [0.25, 0.3) is 0 Å². The number of anilines is 2. The number of halogens is 1. The minimum Gasteiger partial charge on any atom is -0.491 e. The summed E-state index contributed by atoms with van der Waals surface area (Å²) >= 11 is 0. The van der Waals surface area contributed by atoms with Gasteiger partial charge < -0.3 is 20.9 Å². The van der Waals surface area contributed by atoms with Gasteiger partial charge in [0.05, 0.1) is 24.1 Å². The third-order valence-corrected chi connectivity index (χ3v) is 2.67. The first-order valence-corrected chi connectivity index (χ1v) is 6.22. The Hall–Kier alpha value is -1.49. The number of ether oxygens (including phenoxy) is 1. The third-order valence-electron chi connectivity index (χ3n) is 2.67. The molecule has 102 valence electrons. The Morgan fingerprint density at radius 3 is 2.78 bits per heavy atom. The van der Waals surface area contributed by atoms with Gasteiger partial charge in [0.15, 0.2) is 11.6 Å². The molecular weight excluding hydrogens is 235 g/mol. The molecular formula is C13H21FN2O2. The summed E-state index contributed by atoms with van der Waals surface area (Å²) in [5, 5.41) is 12.5. The molecule has 1 atom stereocenters. The van der Waals surface area contributed by atoms with Crippen LogP contribution in [0.4, 0.5) is 15.8 Å². The topological polar surface area (TPSA) is 67.5 Å². The lowest BCUT2D eigenvalue weighted by Gasteiger charge is -2.14. The van der Waals surface area contributed by atoms with Crippen LogP contribution in [0.2, 0.25) is 0 Å². The van der Waals surface area contributed by atoms with E-state index in [1.54, 1.807) is 13.0 Å². The van der Waals surface area contributed by atoms with Gasteiger partial charge in [0.2, 0.25) is 0 Å². The molecule has 1 unspecified atom stereocenters. The van der Waals surface area contributed by atoms with E-state index in [2.05, 4.69) is 5.32 Å². The lowest BCUT2D eigenvalue weighted by Crippen LogP contribution is -2.13. The van der Waals surface area contributed by atoms with Gasteiger partial charge in [-0.25, -0.2) is 4.39 Å². The fourth-order valence-electron chi connectivity index (χ4n) is 1.57. The Labute approximate surface area is 107 Å². The predicted molar refractivity (Wildman–Crippen MR) is 71.4 cm³/mol. The standard InChI is InChI=1S/C13H21FN2O2/c1-3-9(17)5-6-16-12-8-13(18-4-2)10(14)7-11(12)15/h7-9,16-17H,3-6,15H2,1-2H3. The predicted octanol–water partition coefficient (Wildman–Crippen LogP) is 2.38. The molecule has 4 N–H and O–H groups in total. The molecule has 4 nitrogen and oxygen atoms in total. The molecule has 1 rings (SSSR count). The van der Waals surface area contributed by atoms with Gasteiger partial charge in [-0.2, -0.15) is 0 Å². The summed E-state index contributed by atoms with van der Waals surface area (Å²) < 4.78 is 18.6. The molecule has 0 bridgehead atoms. The van der Waals surface area contributed by atoms with Crippen LogP contribution in [0.1, 0.15) is 26.7 Å². The number of nitrogen functional groups attached to an aromatic ring is 1. The van der Waals surface area contributed by atoms with Gasteiger partial charge in [-0.15, -0.1) is 0 Å². The highest BCUT2D eigenvalue weighted by Crippen LogP contribution is 2.28. The zero-order chi connectivity index (χ0) is 13.5. The summed E-state index contributed by atoms with van der Waals surface area (Å²) in [6.45, 7) is 4.69. The number of hydrogen-bond donors (Lipinski definition) is 3. The maximum Gasteiger partial charge on any atom is 0.167 e. The normalized spacial score (nSPS) is 12.2. The van der Waals surface area contributed by atoms with Crippen molar-refractivity contribution in [2.45, 2.75) is 32.8 Å². The molecule has 0 aliphatic carbocycles. The highest BCUT2D eigenvalue weighted by Gasteiger charge is 2.09. The Balaban J connectivity index is 2.67. The third kappa shape index (κ3) is 4.07. The first kappa shape index (κ1) is 14.6. The van der Waals surface area contributed by atoms with Crippen LogP contribution in [0.3, 0.4) is 0 Å². The van der Waals surface area contributed by atoms with E-state index in [1.165, 1.54) is 6.07 Å². The molecule has 0 aliphatic rings. The molecule has 18 heavy (non-hydrogen) atoms. The van der Waals surface area contributed by atoms with Crippen molar-refractivity contribution in [2.24, 2.45) is 0 Å². The quantitative estimate of drug-likeness (QED) is 0.655. The van der Waals surface area contributed by atoms with Gasteiger partial charge in [-0.3, -0.25) is 0 Å². The number of nitrogens with one attached hydrogen (secondary N) is 1. The molecule has 0 amide bonds. The number of aliphatic hydroxyl groups is 1. The SMILES string of the molecule is CCOc1cc(NCCC(O)CC)c(N)cc1F. The second-order valence-corrected chi connectivity index (χ2v) is 4.08. The van der Waals surface area contributed by atoms with Crippen LogP contribution in [-0.2, 0) is 0 Å². The van der Waals surface area contributed by atoms with Gasteiger partial charge in [0.25, 0.3) is 0 Å². The van der Waals surface area contributed by atoms with Crippen LogP contribution in [0, 0.1) is 5.82 Å². The second-order valence-electron chi connectivity index (χ2n) is 4.08. The molecule has 0 spiro atoms. The van der Waals surface area contributed by atoms with E-state index in [-0.39, 0.29) is 11.9 Å². The summed E-state index contributed by atoms with van der Waals surface area (Å²) in [7, 11) is 0. The first-order valence-electron chi connectivity index (χ1n) is 6.22. The lowest BCUT2D eigenvalue weighted by atomic mass is 10.2. The zero-order valence-electron chi connectivity index (χ0n) is 10.9. The highest BCUT2D eigenvalue weighted by atomic mass is 19.1. The average Bonchev–Trinajstić information content (AvgIpc) is 2.34. The number of rotatable bonds is 7. The zero-order valence-corrected chi connectivity index (χ0v) is 10.9. The van der Waals surface area contributed by atoms with E-state index >= 15 is 0 Å². The summed E-state index contributed by atoms with van der Waals surface area (Å²) in [5.41, 5.74) is 6.68. The Bertz CT molecular complexity index is 385. The summed E-state index contributed by atoms with van der Waals surface area (Å²) in [6.07, 6.45) is 1.01. The Kier molecular flexibility index (Phi) is 5.71. The molecule has 0 saturated carbocycles. The van der Waals surface area contributed by atoms with E-state index in [1.807, 2.05) is 6.92 Å².